The van der Waals surface area contributed by atoms with Gasteiger partial charge in [-0.3, -0.25) is 14.6 Å². The molecule has 7 heteroatoms. The number of nitriles is 1. The zero-order chi connectivity index (χ0) is 25.9. The smallest absolute Gasteiger partial charge is 0.251 e. The highest BCUT2D eigenvalue weighted by molar-refractivity contribution is 5.94. The van der Waals surface area contributed by atoms with Gasteiger partial charge in [0.05, 0.1) is 17.7 Å². The molecule has 3 N–H and O–H groups in total. The van der Waals surface area contributed by atoms with Gasteiger partial charge in [-0.2, -0.15) is 5.26 Å². The van der Waals surface area contributed by atoms with Crippen molar-refractivity contribution in [2.24, 2.45) is 29.1 Å². The summed E-state index contributed by atoms with van der Waals surface area (Å²) in [5.41, 5.74) is 1.96. The van der Waals surface area contributed by atoms with Crippen LogP contribution in [0.5, 0.6) is 0 Å². The summed E-state index contributed by atoms with van der Waals surface area (Å²) in [5.74, 6) is -0.612. The topological polar surface area (TPSA) is 115 Å². The third-order valence-corrected chi connectivity index (χ3v) is 8.73. The van der Waals surface area contributed by atoms with E-state index in [1.54, 1.807) is 36.7 Å². The molecule has 0 aliphatic heterocycles. The first-order valence-corrected chi connectivity index (χ1v) is 12.9. The summed E-state index contributed by atoms with van der Waals surface area (Å²) in [5, 5.41) is 26.8. The van der Waals surface area contributed by atoms with Crippen LogP contribution in [0, 0.1) is 40.4 Å². The van der Waals surface area contributed by atoms with Crippen molar-refractivity contribution >= 4 is 11.8 Å². The van der Waals surface area contributed by atoms with Crippen molar-refractivity contribution in [3.8, 4) is 6.07 Å². The van der Waals surface area contributed by atoms with Crippen molar-refractivity contribution in [1.29, 1.82) is 5.26 Å². The lowest BCUT2D eigenvalue weighted by atomic mass is 9.51. The molecule has 2 fully saturated rings. The molecule has 2 aromatic rings. The van der Waals surface area contributed by atoms with Gasteiger partial charge >= 0.3 is 0 Å². The molecule has 2 aliphatic carbocycles. The third-order valence-electron chi connectivity index (χ3n) is 8.73. The Morgan fingerprint density at radius 2 is 1.94 bits per heavy atom. The van der Waals surface area contributed by atoms with Crippen LogP contribution in [-0.2, 0) is 11.3 Å². The molecule has 4 rings (SSSR count). The van der Waals surface area contributed by atoms with Crippen LogP contribution in [0.3, 0.4) is 0 Å². The number of benzene rings is 1. The fourth-order valence-corrected chi connectivity index (χ4v) is 6.49. The first kappa shape index (κ1) is 25.8. The van der Waals surface area contributed by atoms with Crippen LogP contribution in [0.25, 0.3) is 0 Å². The largest absolute Gasteiger partial charge is 0.392 e. The van der Waals surface area contributed by atoms with Gasteiger partial charge in [-0.05, 0) is 84.7 Å². The van der Waals surface area contributed by atoms with Crippen LogP contribution in [0.4, 0.5) is 0 Å². The fourth-order valence-electron chi connectivity index (χ4n) is 6.49. The standard InChI is InChI=1S/C29H36N4O3/c1-18(27(35)32-17-21-5-4-14-31-16-21)23-10-12-29(3)13-11-24(19(2)25(29)26(23)34)33-28(36)22-8-6-20(15-30)7-9-22/h4-9,14,16,18-19,23-26,34H,10-13,17H2,1-3H3,(H,32,35)(H,33,36). The zero-order valence-corrected chi connectivity index (χ0v) is 21.3. The monoisotopic (exact) mass is 488 g/mol. The average molecular weight is 489 g/mol. The van der Waals surface area contributed by atoms with E-state index in [1.165, 1.54) is 0 Å². The van der Waals surface area contributed by atoms with Crippen LogP contribution < -0.4 is 10.6 Å². The highest BCUT2D eigenvalue weighted by Crippen LogP contribution is 2.55. The van der Waals surface area contributed by atoms with Crippen molar-refractivity contribution in [1.82, 2.24) is 15.6 Å². The Morgan fingerprint density at radius 1 is 1.22 bits per heavy atom. The van der Waals surface area contributed by atoms with E-state index < -0.39 is 6.10 Å². The second-order valence-corrected chi connectivity index (χ2v) is 10.9. The maximum Gasteiger partial charge on any atom is 0.251 e. The van der Waals surface area contributed by atoms with Crippen LogP contribution in [0.15, 0.2) is 48.8 Å². The minimum atomic E-state index is -0.618. The Labute approximate surface area is 213 Å². The van der Waals surface area contributed by atoms with E-state index in [9.17, 15) is 14.7 Å². The van der Waals surface area contributed by atoms with Gasteiger partial charge in [-0.1, -0.05) is 26.8 Å². The van der Waals surface area contributed by atoms with Crippen molar-refractivity contribution in [3.05, 3.63) is 65.5 Å². The number of nitrogens with one attached hydrogen (secondary N) is 2. The lowest BCUT2D eigenvalue weighted by Crippen LogP contribution is -2.58. The first-order valence-electron chi connectivity index (χ1n) is 12.9. The highest BCUT2D eigenvalue weighted by Gasteiger charge is 2.53. The van der Waals surface area contributed by atoms with Crippen molar-refractivity contribution < 1.29 is 14.7 Å². The predicted octanol–water partition coefficient (Wildman–Crippen LogP) is 3.83. The average Bonchev–Trinajstić information content (AvgIpc) is 2.89. The highest BCUT2D eigenvalue weighted by atomic mass is 16.3. The lowest BCUT2D eigenvalue weighted by molar-refractivity contribution is -0.142. The minimum absolute atomic E-state index is 0.00941. The summed E-state index contributed by atoms with van der Waals surface area (Å²) in [4.78, 5) is 30.0. The summed E-state index contributed by atoms with van der Waals surface area (Å²) in [7, 11) is 0. The van der Waals surface area contributed by atoms with Crippen molar-refractivity contribution in [2.45, 2.75) is 65.1 Å². The first-order chi connectivity index (χ1) is 17.2. The Hall–Kier alpha value is -3.24. The minimum Gasteiger partial charge on any atom is -0.392 e. The van der Waals surface area contributed by atoms with Gasteiger partial charge in [0.15, 0.2) is 0 Å². The van der Waals surface area contributed by atoms with E-state index >= 15 is 0 Å². The number of carbonyl (C=O) groups is 2. The molecule has 0 radical (unpaired) electrons. The fraction of sp³-hybridized carbons (Fsp3) is 0.517. The molecule has 0 spiro atoms. The van der Waals surface area contributed by atoms with Gasteiger partial charge in [-0.15, -0.1) is 0 Å². The van der Waals surface area contributed by atoms with Crippen LogP contribution in [0.2, 0.25) is 0 Å². The van der Waals surface area contributed by atoms with Gasteiger partial charge in [0.25, 0.3) is 5.91 Å². The van der Waals surface area contributed by atoms with Crippen LogP contribution >= 0.6 is 0 Å². The maximum absolute atomic E-state index is 13.0. The number of aromatic nitrogens is 1. The summed E-state index contributed by atoms with van der Waals surface area (Å²) >= 11 is 0. The van der Waals surface area contributed by atoms with Crippen molar-refractivity contribution in [3.63, 3.8) is 0 Å². The molecule has 2 aliphatic rings. The van der Waals surface area contributed by atoms with Gasteiger partial charge in [0, 0.05) is 36.5 Å². The Balaban J connectivity index is 1.42. The number of aliphatic hydroxyl groups is 1. The molecular formula is C29H36N4O3. The molecule has 2 amide bonds. The van der Waals surface area contributed by atoms with Gasteiger partial charge in [-0.25, -0.2) is 0 Å². The third kappa shape index (κ3) is 5.29. The quantitative estimate of drug-likeness (QED) is 0.572. The van der Waals surface area contributed by atoms with E-state index in [0.717, 1.165) is 31.2 Å². The number of rotatable bonds is 6. The summed E-state index contributed by atoms with van der Waals surface area (Å²) < 4.78 is 0. The van der Waals surface area contributed by atoms with Gasteiger partial charge < -0.3 is 15.7 Å². The molecule has 7 atom stereocenters. The molecule has 1 aromatic carbocycles. The van der Waals surface area contributed by atoms with E-state index in [4.69, 9.17) is 5.26 Å². The molecule has 0 bridgehead atoms. The predicted molar refractivity (Wildman–Crippen MR) is 136 cm³/mol. The zero-order valence-electron chi connectivity index (χ0n) is 21.3. The molecule has 1 heterocycles. The maximum atomic E-state index is 13.0. The van der Waals surface area contributed by atoms with E-state index in [2.05, 4.69) is 35.5 Å². The Morgan fingerprint density at radius 3 is 2.61 bits per heavy atom. The number of aliphatic hydroxyl groups excluding tert-OH is 1. The lowest BCUT2D eigenvalue weighted by Gasteiger charge is -2.56. The van der Waals surface area contributed by atoms with Crippen molar-refractivity contribution in [2.75, 3.05) is 0 Å². The number of carbonyl (C=O) groups excluding carboxylic acids is 2. The SMILES string of the molecule is CC(C(=O)NCc1cccnc1)C1CCC2(C)CCC(NC(=O)c3ccc(C#N)cc3)C(C)C2C1O. The van der Waals surface area contributed by atoms with Gasteiger partial charge in [0.2, 0.25) is 5.91 Å². The summed E-state index contributed by atoms with van der Waals surface area (Å²) in [6.07, 6.45) is 6.37. The molecule has 0 saturated heterocycles. The number of pyridine rings is 1. The Kier molecular flexibility index (Phi) is 7.75. The molecule has 7 unspecified atom stereocenters. The van der Waals surface area contributed by atoms with Crippen LogP contribution in [-0.4, -0.2) is 34.1 Å². The molecule has 7 nitrogen and oxygen atoms in total. The number of amides is 2. The molecule has 36 heavy (non-hydrogen) atoms. The number of hydrogen-bond donors (Lipinski definition) is 3. The van der Waals surface area contributed by atoms with Crippen LogP contribution in [0.1, 0.15) is 67.9 Å². The second-order valence-electron chi connectivity index (χ2n) is 10.9. The normalized spacial score (nSPS) is 30.4. The molecular weight excluding hydrogens is 452 g/mol. The number of nitrogens with zero attached hydrogens (tertiary/aromatic N) is 2. The molecule has 1 aromatic heterocycles. The number of hydrogen-bond acceptors (Lipinski definition) is 5. The molecule has 190 valence electrons. The summed E-state index contributed by atoms with van der Waals surface area (Å²) in [6.45, 7) is 6.69. The number of fused-ring (bicyclic) bond motifs is 1. The molecule has 2 saturated carbocycles. The van der Waals surface area contributed by atoms with E-state index in [1.807, 2.05) is 19.1 Å². The second kappa shape index (κ2) is 10.8. The Bertz CT molecular complexity index is 1110. The van der Waals surface area contributed by atoms with Gasteiger partial charge in [0.1, 0.15) is 0 Å². The summed E-state index contributed by atoms with van der Waals surface area (Å²) in [6, 6.07) is 12.4. The van der Waals surface area contributed by atoms with E-state index in [-0.39, 0.29) is 46.9 Å². The van der Waals surface area contributed by atoms with E-state index in [0.29, 0.717) is 17.7 Å².